The van der Waals surface area contributed by atoms with Crippen molar-refractivity contribution in [2.75, 3.05) is 10.6 Å². The number of hydrogen-bond acceptors (Lipinski definition) is 4. The highest BCUT2D eigenvalue weighted by Gasteiger charge is 2.72. The van der Waals surface area contributed by atoms with Crippen LogP contribution in [0.4, 0.5) is 15.8 Å². The van der Waals surface area contributed by atoms with Gasteiger partial charge in [-0.2, -0.15) is 0 Å². The molecule has 40 heavy (non-hydrogen) atoms. The van der Waals surface area contributed by atoms with Crippen LogP contribution >= 0.6 is 23.2 Å². The fourth-order valence-corrected chi connectivity index (χ4v) is 7.49. The van der Waals surface area contributed by atoms with E-state index >= 15 is 4.39 Å². The highest BCUT2D eigenvalue weighted by Crippen LogP contribution is 2.62. The number of hydrogen-bond donors (Lipinski definition) is 4. The molecule has 2 amide bonds. The highest BCUT2D eigenvalue weighted by atomic mass is 35.5. The third-order valence-corrected chi connectivity index (χ3v) is 9.23. The Hall–Kier alpha value is -3.46. The topological polar surface area (TPSA) is 108 Å². The maximum Gasteiger partial charge on any atom is 0.335 e. The summed E-state index contributed by atoms with van der Waals surface area (Å²) in [6.07, 6.45) is 3.87. The van der Waals surface area contributed by atoms with E-state index in [1.807, 2.05) is 0 Å². The van der Waals surface area contributed by atoms with E-state index in [-0.39, 0.29) is 22.1 Å². The molecule has 7 nitrogen and oxygen atoms in total. The summed E-state index contributed by atoms with van der Waals surface area (Å²) in [4.78, 5) is 39.6. The van der Waals surface area contributed by atoms with E-state index < -0.39 is 40.6 Å². The lowest BCUT2D eigenvalue weighted by atomic mass is 9.55. The van der Waals surface area contributed by atoms with E-state index in [0.717, 1.165) is 19.3 Å². The van der Waals surface area contributed by atoms with Crippen LogP contribution in [0, 0.1) is 5.82 Å². The number of carbonyl (C=O) groups excluding carboxylic acids is 2. The molecule has 2 fully saturated rings. The van der Waals surface area contributed by atoms with Crippen molar-refractivity contribution < 1.29 is 23.9 Å². The van der Waals surface area contributed by atoms with Crippen molar-refractivity contribution in [3.8, 4) is 0 Å². The van der Waals surface area contributed by atoms with Crippen LogP contribution in [0.15, 0.2) is 60.7 Å². The number of amides is 2. The first kappa shape index (κ1) is 26.7. The van der Waals surface area contributed by atoms with Crippen molar-refractivity contribution in [2.45, 2.75) is 55.0 Å². The average Bonchev–Trinajstić information content (AvgIpc) is 3.38. The number of carbonyl (C=O) groups is 3. The smallest absolute Gasteiger partial charge is 0.335 e. The van der Waals surface area contributed by atoms with Gasteiger partial charge in [-0.1, -0.05) is 60.7 Å². The number of nitrogens with one attached hydrogen (secondary N) is 3. The number of carboxylic acid groups (broad SMARTS) is 1. The standard InChI is InChI=1S/C30H26Cl2FN3O4/c31-17-9-12-20-22(15-17)35-28(40)30(20)23(19-5-4-6-21(32)24(19)33)25(36-29(30)13-2-1-3-14-29)26(37)34-18-10-7-16(8-11-18)27(38)39/h4-12,15,23,25,36H,1-3,13-14H2,(H,34,37)(H,35,40)(H,38,39)/t23?,25-,30-/m1/s1. The maximum atomic E-state index is 15.9. The molecule has 3 aromatic rings. The molecule has 2 aliphatic heterocycles. The second-order valence-electron chi connectivity index (χ2n) is 10.7. The molecule has 3 aliphatic rings. The molecule has 1 saturated carbocycles. The van der Waals surface area contributed by atoms with Gasteiger partial charge in [-0.25, -0.2) is 9.18 Å². The Morgan fingerprint density at radius 3 is 2.42 bits per heavy atom. The van der Waals surface area contributed by atoms with Gasteiger partial charge in [0.2, 0.25) is 11.8 Å². The molecule has 3 aromatic carbocycles. The molecular formula is C30H26Cl2FN3O4. The van der Waals surface area contributed by atoms with Crippen LogP contribution in [0.2, 0.25) is 10.0 Å². The first-order chi connectivity index (χ1) is 19.2. The molecule has 6 rings (SSSR count). The molecule has 4 N–H and O–H groups in total. The van der Waals surface area contributed by atoms with Gasteiger partial charge in [-0.05, 0) is 66.4 Å². The Morgan fingerprint density at radius 1 is 1.00 bits per heavy atom. The summed E-state index contributed by atoms with van der Waals surface area (Å²) in [6, 6.07) is 14.6. The summed E-state index contributed by atoms with van der Waals surface area (Å²) < 4.78 is 15.9. The number of rotatable bonds is 4. The minimum absolute atomic E-state index is 0.0777. The Labute approximate surface area is 240 Å². The summed E-state index contributed by atoms with van der Waals surface area (Å²) in [5, 5.41) is 19.0. The maximum absolute atomic E-state index is 15.9. The summed E-state index contributed by atoms with van der Waals surface area (Å²) >= 11 is 12.6. The van der Waals surface area contributed by atoms with Crippen LogP contribution in [-0.4, -0.2) is 34.5 Å². The molecule has 1 aliphatic carbocycles. The number of carboxylic acids is 1. The van der Waals surface area contributed by atoms with Crippen LogP contribution in [0.1, 0.15) is 59.5 Å². The highest BCUT2D eigenvalue weighted by molar-refractivity contribution is 6.31. The lowest BCUT2D eigenvalue weighted by Gasteiger charge is -2.47. The van der Waals surface area contributed by atoms with E-state index in [1.165, 1.54) is 30.3 Å². The van der Waals surface area contributed by atoms with Crippen molar-refractivity contribution in [3.05, 3.63) is 93.2 Å². The first-order valence-corrected chi connectivity index (χ1v) is 13.9. The summed E-state index contributed by atoms with van der Waals surface area (Å²) in [5.74, 6) is -3.50. The van der Waals surface area contributed by atoms with E-state index in [2.05, 4.69) is 16.0 Å². The number of benzene rings is 3. The molecule has 1 unspecified atom stereocenters. The second kappa shape index (κ2) is 9.87. The van der Waals surface area contributed by atoms with E-state index in [4.69, 9.17) is 23.2 Å². The van der Waals surface area contributed by atoms with Crippen molar-refractivity contribution in [1.82, 2.24) is 5.32 Å². The third kappa shape index (κ3) is 3.92. The van der Waals surface area contributed by atoms with Crippen molar-refractivity contribution in [2.24, 2.45) is 0 Å². The molecule has 3 atom stereocenters. The van der Waals surface area contributed by atoms with Crippen LogP contribution in [0.25, 0.3) is 0 Å². The fraction of sp³-hybridized carbons (Fsp3) is 0.300. The summed E-state index contributed by atoms with van der Waals surface area (Å²) in [5.41, 5.74) is -0.333. The number of fused-ring (bicyclic) bond motifs is 3. The van der Waals surface area contributed by atoms with Gasteiger partial charge in [0.1, 0.15) is 11.2 Å². The number of anilines is 2. The lowest BCUT2D eigenvalue weighted by molar-refractivity contribution is -0.124. The van der Waals surface area contributed by atoms with E-state index in [1.54, 1.807) is 30.3 Å². The van der Waals surface area contributed by atoms with Crippen LogP contribution in [0.3, 0.4) is 0 Å². The molecular weight excluding hydrogens is 556 g/mol. The van der Waals surface area contributed by atoms with E-state index in [0.29, 0.717) is 34.8 Å². The normalized spacial score (nSPS) is 24.6. The monoisotopic (exact) mass is 581 g/mol. The molecule has 10 heteroatoms. The molecule has 0 aromatic heterocycles. The molecule has 0 radical (unpaired) electrons. The lowest BCUT2D eigenvalue weighted by Crippen LogP contribution is -2.60. The zero-order valence-electron chi connectivity index (χ0n) is 21.3. The predicted octanol–water partition coefficient (Wildman–Crippen LogP) is 6.12. The van der Waals surface area contributed by atoms with Gasteiger partial charge in [0.05, 0.1) is 16.6 Å². The minimum Gasteiger partial charge on any atom is -0.478 e. The number of aromatic carboxylic acids is 1. The molecule has 2 spiro atoms. The van der Waals surface area contributed by atoms with Gasteiger partial charge < -0.3 is 15.7 Å². The second-order valence-corrected chi connectivity index (χ2v) is 11.6. The molecule has 206 valence electrons. The Kier molecular flexibility index (Phi) is 6.60. The van der Waals surface area contributed by atoms with Crippen molar-refractivity contribution in [1.29, 1.82) is 0 Å². The Morgan fingerprint density at radius 2 is 1.73 bits per heavy atom. The zero-order chi connectivity index (χ0) is 28.2. The van der Waals surface area contributed by atoms with Gasteiger partial charge in [0, 0.05) is 27.9 Å². The van der Waals surface area contributed by atoms with Gasteiger partial charge in [0.25, 0.3) is 0 Å². The SMILES string of the molecule is O=C(O)c1ccc(NC(=O)[C@@H]2NC3(CCCCC3)[C@@]3(C(=O)Nc4cc(Cl)ccc43)C2c2cccc(Cl)c2F)cc1. The van der Waals surface area contributed by atoms with Gasteiger partial charge in [-0.15, -0.1) is 0 Å². The average molecular weight is 582 g/mol. The third-order valence-electron chi connectivity index (χ3n) is 8.70. The van der Waals surface area contributed by atoms with Crippen LogP contribution < -0.4 is 16.0 Å². The largest absolute Gasteiger partial charge is 0.478 e. The minimum atomic E-state index is -1.33. The van der Waals surface area contributed by atoms with Gasteiger partial charge >= 0.3 is 5.97 Å². The van der Waals surface area contributed by atoms with Crippen molar-refractivity contribution in [3.63, 3.8) is 0 Å². The molecule has 1 saturated heterocycles. The summed E-state index contributed by atoms with van der Waals surface area (Å²) in [6.45, 7) is 0. The number of halogens is 3. The zero-order valence-corrected chi connectivity index (χ0v) is 22.8. The van der Waals surface area contributed by atoms with Crippen LogP contribution in [0.5, 0.6) is 0 Å². The van der Waals surface area contributed by atoms with Crippen LogP contribution in [-0.2, 0) is 15.0 Å². The van der Waals surface area contributed by atoms with E-state index in [9.17, 15) is 19.5 Å². The predicted molar refractivity (Wildman–Crippen MR) is 151 cm³/mol. The quantitative estimate of drug-likeness (QED) is 0.297. The molecule has 0 bridgehead atoms. The van der Waals surface area contributed by atoms with Crippen molar-refractivity contribution >= 4 is 52.4 Å². The Balaban J connectivity index is 1.54. The first-order valence-electron chi connectivity index (χ1n) is 13.2. The van der Waals surface area contributed by atoms with Gasteiger partial charge in [0.15, 0.2) is 0 Å². The van der Waals surface area contributed by atoms with Gasteiger partial charge in [-0.3, -0.25) is 14.9 Å². The summed E-state index contributed by atoms with van der Waals surface area (Å²) in [7, 11) is 0. The fourth-order valence-electron chi connectivity index (χ4n) is 7.13. The molecule has 2 heterocycles. The Bertz CT molecular complexity index is 1540.